The molecule has 90 valence electrons. The quantitative estimate of drug-likeness (QED) is 0.872. The molecule has 0 unspecified atom stereocenters. The lowest BCUT2D eigenvalue weighted by atomic mass is 10.1. The van der Waals surface area contributed by atoms with E-state index in [1.165, 1.54) is 18.5 Å². The fourth-order valence-corrected chi connectivity index (χ4v) is 1.22. The fourth-order valence-electron chi connectivity index (χ4n) is 1.22. The lowest BCUT2D eigenvalue weighted by Gasteiger charge is -2.17. The number of hydrogen-bond donors (Lipinski definition) is 1. The molecule has 2 aromatic rings. The second kappa shape index (κ2) is 4.14. The molecule has 0 saturated heterocycles. The number of methoxy groups -OCH3 is 1. The molecule has 2 heterocycles. The summed E-state index contributed by atoms with van der Waals surface area (Å²) in [6, 6.07) is 1.50. The van der Waals surface area contributed by atoms with Gasteiger partial charge in [-0.15, -0.1) is 0 Å². The Kier molecular flexibility index (Phi) is 2.81. The van der Waals surface area contributed by atoms with Gasteiger partial charge in [-0.2, -0.15) is 4.98 Å². The van der Waals surface area contributed by atoms with Gasteiger partial charge in [-0.3, -0.25) is 4.98 Å². The van der Waals surface area contributed by atoms with Gasteiger partial charge in [0.15, 0.2) is 0 Å². The van der Waals surface area contributed by atoms with Gasteiger partial charge >= 0.3 is 0 Å². The first-order valence-corrected chi connectivity index (χ1v) is 5.06. The van der Waals surface area contributed by atoms with Crippen molar-refractivity contribution in [1.82, 2.24) is 15.1 Å². The molecule has 6 heteroatoms. The fraction of sp³-hybridized carbons (Fsp3) is 0.364. The minimum absolute atomic E-state index is 0.0493. The maximum absolute atomic E-state index is 9.31. The summed E-state index contributed by atoms with van der Waals surface area (Å²) in [5.41, 5.74) is -0.0536. The SMILES string of the molecule is COC(C)(C)c1noc(-c2cncc(O)c2)n1. The van der Waals surface area contributed by atoms with E-state index in [-0.39, 0.29) is 5.75 Å². The van der Waals surface area contributed by atoms with Crippen LogP contribution in [0.5, 0.6) is 5.75 Å². The van der Waals surface area contributed by atoms with E-state index in [4.69, 9.17) is 9.26 Å². The average molecular weight is 235 g/mol. The lowest BCUT2D eigenvalue weighted by molar-refractivity contribution is 0.00973. The highest BCUT2D eigenvalue weighted by molar-refractivity contribution is 5.53. The van der Waals surface area contributed by atoms with Crippen LogP contribution in [0.2, 0.25) is 0 Å². The van der Waals surface area contributed by atoms with Crippen LogP contribution in [0.3, 0.4) is 0 Å². The minimum Gasteiger partial charge on any atom is -0.506 e. The Morgan fingerprint density at radius 3 is 2.76 bits per heavy atom. The van der Waals surface area contributed by atoms with E-state index in [0.717, 1.165) is 0 Å². The third-order valence-corrected chi connectivity index (χ3v) is 2.45. The summed E-state index contributed by atoms with van der Waals surface area (Å²) in [5.74, 6) is 0.792. The molecule has 0 aliphatic carbocycles. The molecule has 0 aromatic carbocycles. The maximum atomic E-state index is 9.31. The molecule has 0 atom stereocenters. The normalized spacial score (nSPS) is 11.7. The first kappa shape index (κ1) is 11.5. The van der Waals surface area contributed by atoms with E-state index in [2.05, 4.69) is 15.1 Å². The Morgan fingerprint density at radius 1 is 1.35 bits per heavy atom. The first-order chi connectivity index (χ1) is 8.03. The summed E-state index contributed by atoms with van der Waals surface area (Å²) in [4.78, 5) is 8.05. The number of nitrogens with zero attached hydrogens (tertiary/aromatic N) is 3. The predicted octanol–water partition coefficient (Wildman–Crippen LogP) is 1.72. The molecule has 0 amide bonds. The van der Waals surface area contributed by atoms with E-state index < -0.39 is 5.60 Å². The van der Waals surface area contributed by atoms with Gasteiger partial charge in [0.25, 0.3) is 5.89 Å². The Morgan fingerprint density at radius 2 is 2.12 bits per heavy atom. The molecule has 0 fully saturated rings. The smallest absolute Gasteiger partial charge is 0.259 e. The van der Waals surface area contributed by atoms with Crippen molar-refractivity contribution in [2.45, 2.75) is 19.4 Å². The van der Waals surface area contributed by atoms with Crippen LogP contribution in [-0.4, -0.2) is 27.3 Å². The highest BCUT2D eigenvalue weighted by atomic mass is 16.5. The van der Waals surface area contributed by atoms with Crippen molar-refractivity contribution < 1.29 is 14.4 Å². The van der Waals surface area contributed by atoms with Crippen LogP contribution in [0.1, 0.15) is 19.7 Å². The van der Waals surface area contributed by atoms with Crippen molar-refractivity contribution in [2.75, 3.05) is 7.11 Å². The summed E-state index contributed by atoms with van der Waals surface area (Å²) < 4.78 is 10.3. The van der Waals surface area contributed by atoms with Gasteiger partial charge in [-0.1, -0.05) is 5.16 Å². The van der Waals surface area contributed by atoms with Crippen molar-refractivity contribution >= 4 is 0 Å². The Labute approximate surface area is 98.3 Å². The average Bonchev–Trinajstić information content (AvgIpc) is 2.79. The van der Waals surface area contributed by atoms with Gasteiger partial charge in [-0.25, -0.2) is 0 Å². The van der Waals surface area contributed by atoms with E-state index >= 15 is 0 Å². The zero-order valence-corrected chi connectivity index (χ0v) is 9.84. The van der Waals surface area contributed by atoms with Crippen LogP contribution in [0.25, 0.3) is 11.5 Å². The van der Waals surface area contributed by atoms with Gasteiger partial charge in [0, 0.05) is 13.3 Å². The maximum Gasteiger partial charge on any atom is 0.259 e. The number of hydrogen-bond acceptors (Lipinski definition) is 6. The van der Waals surface area contributed by atoms with Crippen LogP contribution in [0.15, 0.2) is 23.0 Å². The molecule has 17 heavy (non-hydrogen) atoms. The van der Waals surface area contributed by atoms with Gasteiger partial charge < -0.3 is 14.4 Å². The number of rotatable bonds is 3. The Hall–Kier alpha value is -1.95. The molecule has 1 N–H and O–H groups in total. The van der Waals surface area contributed by atoms with Crippen LogP contribution in [-0.2, 0) is 10.3 Å². The monoisotopic (exact) mass is 235 g/mol. The minimum atomic E-state index is -0.619. The predicted molar refractivity (Wildman–Crippen MR) is 59.2 cm³/mol. The van der Waals surface area contributed by atoms with Gasteiger partial charge in [0.2, 0.25) is 5.82 Å². The standard InChI is InChI=1S/C11H13N3O3/c1-11(2,16-3)10-13-9(17-14-10)7-4-8(15)6-12-5-7/h4-6,15H,1-3H3. The summed E-state index contributed by atoms with van der Waals surface area (Å²) in [6.45, 7) is 3.67. The molecule has 0 spiro atoms. The van der Waals surface area contributed by atoms with Crippen molar-refractivity contribution in [1.29, 1.82) is 0 Å². The molecular formula is C11H13N3O3. The number of aromatic hydroxyl groups is 1. The third-order valence-electron chi connectivity index (χ3n) is 2.45. The Balaban J connectivity index is 2.36. The van der Waals surface area contributed by atoms with E-state index in [1.54, 1.807) is 7.11 Å². The topological polar surface area (TPSA) is 81.3 Å². The molecule has 0 radical (unpaired) electrons. The van der Waals surface area contributed by atoms with Crippen molar-refractivity contribution in [3.8, 4) is 17.2 Å². The van der Waals surface area contributed by atoms with Gasteiger partial charge in [-0.05, 0) is 19.9 Å². The second-order valence-corrected chi connectivity index (χ2v) is 4.07. The van der Waals surface area contributed by atoms with Crippen molar-refractivity contribution in [3.63, 3.8) is 0 Å². The Bertz CT molecular complexity index is 522. The van der Waals surface area contributed by atoms with Gasteiger partial charge in [0.05, 0.1) is 11.8 Å². The zero-order chi connectivity index (χ0) is 12.5. The second-order valence-electron chi connectivity index (χ2n) is 4.07. The third kappa shape index (κ3) is 2.26. The molecule has 2 rings (SSSR count). The number of pyridine rings is 1. The summed E-state index contributed by atoms with van der Waals surface area (Å²) in [7, 11) is 1.58. The molecular weight excluding hydrogens is 222 g/mol. The van der Waals surface area contributed by atoms with Crippen LogP contribution in [0, 0.1) is 0 Å². The first-order valence-electron chi connectivity index (χ1n) is 5.06. The van der Waals surface area contributed by atoms with E-state index in [0.29, 0.717) is 17.3 Å². The molecule has 0 aliphatic rings. The van der Waals surface area contributed by atoms with Crippen molar-refractivity contribution in [2.24, 2.45) is 0 Å². The molecule has 6 nitrogen and oxygen atoms in total. The van der Waals surface area contributed by atoms with Crippen LogP contribution < -0.4 is 0 Å². The van der Waals surface area contributed by atoms with Crippen LogP contribution >= 0.6 is 0 Å². The summed E-state index contributed by atoms with van der Waals surface area (Å²) in [6.07, 6.45) is 2.87. The largest absolute Gasteiger partial charge is 0.506 e. The summed E-state index contributed by atoms with van der Waals surface area (Å²) in [5, 5.41) is 13.2. The van der Waals surface area contributed by atoms with Crippen molar-refractivity contribution in [3.05, 3.63) is 24.3 Å². The van der Waals surface area contributed by atoms with Crippen LogP contribution in [0.4, 0.5) is 0 Å². The number of ether oxygens (including phenoxy) is 1. The van der Waals surface area contributed by atoms with Gasteiger partial charge in [0.1, 0.15) is 11.4 Å². The number of aromatic nitrogens is 3. The zero-order valence-electron chi connectivity index (χ0n) is 9.84. The van der Waals surface area contributed by atoms with E-state index in [1.807, 2.05) is 13.8 Å². The molecule has 0 saturated carbocycles. The summed E-state index contributed by atoms with van der Waals surface area (Å²) >= 11 is 0. The van der Waals surface area contributed by atoms with E-state index in [9.17, 15) is 5.11 Å². The highest BCUT2D eigenvalue weighted by Crippen LogP contribution is 2.25. The lowest BCUT2D eigenvalue weighted by Crippen LogP contribution is -2.21. The highest BCUT2D eigenvalue weighted by Gasteiger charge is 2.26. The molecule has 0 bridgehead atoms. The molecule has 0 aliphatic heterocycles. The molecule has 2 aromatic heterocycles.